The third-order valence-corrected chi connectivity index (χ3v) is 2.70. The van der Waals surface area contributed by atoms with Crippen molar-refractivity contribution >= 4 is 11.8 Å². The quantitative estimate of drug-likeness (QED) is 0.483. The molecule has 0 bridgehead atoms. The fourth-order valence-corrected chi connectivity index (χ4v) is 1.77. The Morgan fingerprint density at radius 1 is 1.28 bits per heavy atom. The van der Waals surface area contributed by atoms with E-state index in [0.29, 0.717) is 11.1 Å². The fraction of sp³-hybridized carbons (Fsp3) is 0.143. The first-order valence-electron chi connectivity index (χ1n) is 5.48. The van der Waals surface area contributed by atoms with Crippen LogP contribution in [0.2, 0.25) is 0 Å². The smallest absolute Gasteiger partial charge is 0.261 e. The lowest BCUT2D eigenvalue weighted by molar-refractivity contribution is 0.0672. The summed E-state index contributed by atoms with van der Waals surface area (Å²) < 4.78 is 0. The number of rotatable bonds is 3. The Morgan fingerprint density at radius 2 is 1.83 bits per heavy atom. The van der Waals surface area contributed by atoms with Crippen molar-refractivity contribution in [3.63, 3.8) is 0 Å². The van der Waals surface area contributed by atoms with Gasteiger partial charge in [-0.1, -0.05) is 30.2 Å². The molecule has 1 aliphatic rings. The van der Waals surface area contributed by atoms with Crippen molar-refractivity contribution in [1.29, 1.82) is 0 Å². The minimum Gasteiger partial charge on any atom is -0.314 e. The van der Waals surface area contributed by atoms with Crippen LogP contribution in [0.3, 0.4) is 0 Å². The van der Waals surface area contributed by atoms with Crippen molar-refractivity contribution in [2.75, 3.05) is 6.54 Å². The monoisotopic (exact) mass is 240 g/mol. The maximum Gasteiger partial charge on any atom is 0.261 e. The predicted molar refractivity (Wildman–Crippen MR) is 67.8 cm³/mol. The van der Waals surface area contributed by atoms with Gasteiger partial charge in [-0.2, -0.15) is 0 Å². The standard InChI is InChI=1S/C14H12N2O2/c1-2-10(15)6-5-9-16-13(17)11-7-3-4-8-12(11)14(16)18/h1,3-8,10H,9,15H2. The molecule has 1 aromatic rings. The second-order valence-electron chi connectivity index (χ2n) is 3.89. The predicted octanol–water partition coefficient (Wildman–Crippen LogP) is 0.799. The van der Waals surface area contributed by atoms with E-state index in [1.165, 1.54) is 4.90 Å². The number of fused-ring (bicyclic) bond motifs is 1. The molecule has 1 unspecified atom stereocenters. The van der Waals surface area contributed by atoms with Gasteiger partial charge in [0.15, 0.2) is 0 Å². The largest absolute Gasteiger partial charge is 0.314 e. The molecule has 2 N–H and O–H groups in total. The van der Waals surface area contributed by atoms with Gasteiger partial charge in [-0.25, -0.2) is 0 Å². The number of imide groups is 1. The van der Waals surface area contributed by atoms with E-state index < -0.39 is 6.04 Å². The van der Waals surface area contributed by atoms with Gasteiger partial charge in [0.25, 0.3) is 11.8 Å². The summed E-state index contributed by atoms with van der Waals surface area (Å²) in [6, 6.07) is 6.26. The van der Waals surface area contributed by atoms with Gasteiger partial charge in [0, 0.05) is 6.54 Å². The maximum absolute atomic E-state index is 12.0. The molecule has 4 heteroatoms. The minimum atomic E-state index is -0.500. The number of hydrogen-bond donors (Lipinski definition) is 1. The molecule has 2 rings (SSSR count). The second-order valence-corrected chi connectivity index (χ2v) is 3.89. The highest BCUT2D eigenvalue weighted by atomic mass is 16.2. The molecule has 1 aliphatic heterocycles. The molecular weight excluding hydrogens is 228 g/mol. The number of carbonyl (C=O) groups is 2. The van der Waals surface area contributed by atoms with Crippen LogP contribution in [0.5, 0.6) is 0 Å². The molecule has 1 aromatic carbocycles. The van der Waals surface area contributed by atoms with E-state index in [9.17, 15) is 9.59 Å². The summed E-state index contributed by atoms with van der Waals surface area (Å²) in [6.45, 7) is 0.182. The van der Waals surface area contributed by atoms with Crippen molar-refractivity contribution in [2.24, 2.45) is 5.73 Å². The molecule has 0 aliphatic carbocycles. The number of amides is 2. The average molecular weight is 240 g/mol. The van der Waals surface area contributed by atoms with E-state index in [2.05, 4.69) is 5.92 Å². The van der Waals surface area contributed by atoms with E-state index in [-0.39, 0.29) is 18.4 Å². The molecule has 0 spiro atoms. The number of benzene rings is 1. The first kappa shape index (κ1) is 12.1. The van der Waals surface area contributed by atoms with Crippen LogP contribution in [0, 0.1) is 12.3 Å². The molecular formula is C14H12N2O2. The van der Waals surface area contributed by atoms with Gasteiger partial charge in [0.1, 0.15) is 0 Å². The van der Waals surface area contributed by atoms with Crippen molar-refractivity contribution < 1.29 is 9.59 Å². The number of nitrogens with zero attached hydrogens (tertiary/aromatic N) is 1. The zero-order chi connectivity index (χ0) is 13.1. The normalized spacial score (nSPS) is 15.9. The van der Waals surface area contributed by atoms with Gasteiger partial charge in [-0.05, 0) is 12.1 Å². The second kappa shape index (κ2) is 4.86. The Morgan fingerprint density at radius 3 is 2.33 bits per heavy atom. The molecule has 0 saturated carbocycles. The van der Waals surface area contributed by atoms with E-state index >= 15 is 0 Å². The van der Waals surface area contributed by atoms with Crippen molar-refractivity contribution in [2.45, 2.75) is 6.04 Å². The maximum atomic E-state index is 12.0. The Balaban J connectivity index is 2.15. The summed E-state index contributed by atoms with van der Waals surface area (Å²) in [5.41, 5.74) is 6.38. The molecule has 4 nitrogen and oxygen atoms in total. The van der Waals surface area contributed by atoms with Crippen LogP contribution < -0.4 is 5.73 Å². The van der Waals surface area contributed by atoms with Gasteiger partial charge < -0.3 is 5.73 Å². The fourth-order valence-electron chi connectivity index (χ4n) is 1.77. The van der Waals surface area contributed by atoms with Crippen LogP contribution >= 0.6 is 0 Å². The topological polar surface area (TPSA) is 63.4 Å². The highest BCUT2D eigenvalue weighted by molar-refractivity contribution is 6.21. The highest BCUT2D eigenvalue weighted by Gasteiger charge is 2.33. The number of carbonyl (C=O) groups excluding carboxylic acids is 2. The SMILES string of the molecule is C#CC(N)C=CCN1C(=O)c2ccccc2C1=O. The summed E-state index contributed by atoms with van der Waals surface area (Å²) in [5, 5.41) is 0. The van der Waals surface area contributed by atoms with Gasteiger partial charge >= 0.3 is 0 Å². The van der Waals surface area contributed by atoms with Crippen molar-refractivity contribution in [3.05, 3.63) is 47.5 Å². The number of nitrogens with two attached hydrogens (primary N) is 1. The van der Waals surface area contributed by atoms with E-state index in [0.717, 1.165) is 0 Å². The Bertz CT molecular complexity index is 534. The molecule has 0 radical (unpaired) electrons. The minimum absolute atomic E-state index is 0.182. The summed E-state index contributed by atoms with van der Waals surface area (Å²) in [6.07, 6.45) is 8.33. The third-order valence-electron chi connectivity index (χ3n) is 2.70. The summed E-state index contributed by atoms with van der Waals surface area (Å²) in [5.74, 6) is 1.77. The van der Waals surface area contributed by atoms with Crippen LogP contribution in [-0.4, -0.2) is 29.3 Å². The van der Waals surface area contributed by atoms with E-state index in [4.69, 9.17) is 12.2 Å². The van der Waals surface area contributed by atoms with Crippen molar-refractivity contribution in [1.82, 2.24) is 4.90 Å². The first-order valence-corrected chi connectivity index (χ1v) is 5.48. The number of terminal acetylenes is 1. The van der Waals surface area contributed by atoms with Gasteiger partial charge in [-0.15, -0.1) is 6.42 Å². The summed E-state index contributed by atoms with van der Waals surface area (Å²) in [7, 11) is 0. The zero-order valence-corrected chi connectivity index (χ0v) is 9.67. The third kappa shape index (κ3) is 2.04. The lowest BCUT2D eigenvalue weighted by Crippen LogP contribution is -2.30. The molecule has 2 amide bonds. The van der Waals surface area contributed by atoms with E-state index in [1.807, 2.05) is 0 Å². The summed E-state index contributed by atoms with van der Waals surface area (Å²) >= 11 is 0. The van der Waals surface area contributed by atoms with Gasteiger partial charge in [0.2, 0.25) is 0 Å². The highest BCUT2D eigenvalue weighted by Crippen LogP contribution is 2.21. The van der Waals surface area contributed by atoms with Gasteiger partial charge in [0.05, 0.1) is 17.2 Å². The molecule has 1 atom stereocenters. The van der Waals surface area contributed by atoms with Crippen LogP contribution in [0.4, 0.5) is 0 Å². The average Bonchev–Trinajstić information content (AvgIpc) is 2.64. The van der Waals surface area contributed by atoms with E-state index in [1.54, 1.807) is 36.4 Å². The summed E-state index contributed by atoms with van der Waals surface area (Å²) in [4.78, 5) is 25.1. The lowest BCUT2D eigenvalue weighted by atomic mass is 10.1. The molecule has 0 aromatic heterocycles. The Hall–Kier alpha value is -2.38. The molecule has 0 fully saturated rings. The van der Waals surface area contributed by atoms with Crippen LogP contribution in [0.1, 0.15) is 20.7 Å². The lowest BCUT2D eigenvalue weighted by Gasteiger charge is -2.10. The molecule has 1 heterocycles. The van der Waals surface area contributed by atoms with Crippen LogP contribution in [-0.2, 0) is 0 Å². The Kier molecular flexibility index (Phi) is 3.26. The van der Waals surface area contributed by atoms with Crippen LogP contribution in [0.15, 0.2) is 36.4 Å². The molecule has 18 heavy (non-hydrogen) atoms. The zero-order valence-electron chi connectivity index (χ0n) is 9.67. The molecule has 90 valence electrons. The molecule has 0 saturated heterocycles. The van der Waals surface area contributed by atoms with Crippen LogP contribution in [0.25, 0.3) is 0 Å². The van der Waals surface area contributed by atoms with Crippen molar-refractivity contribution in [3.8, 4) is 12.3 Å². The number of hydrogen-bond acceptors (Lipinski definition) is 3. The Labute approximate surface area is 105 Å². The first-order chi connectivity index (χ1) is 8.65. The van der Waals surface area contributed by atoms with Gasteiger partial charge in [-0.3, -0.25) is 14.5 Å².